The third-order valence-electron chi connectivity index (χ3n) is 3.24. The van der Waals surface area contributed by atoms with E-state index in [1.807, 2.05) is 24.3 Å². The van der Waals surface area contributed by atoms with Crippen LogP contribution in [0.3, 0.4) is 0 Å². The van der Waals surface area contributed by atoms with Crippen LogP contribution in [0.2, 0.25) is 5.02 Å². The molecule has 0 bridgehead atoms. The van der Waals surface area contributed by atoms with Gasteiger partial charge in [0.25, 0.3) is 0 Å². The predicted molar refractivity (Wildman–Crippen MR) is 106 cm³/mol. The molecule has 0 unspecified atom stereocenters. The predicted octanol–water partition coefficient (Wildman–Crippen LogP) is 5.13. The van der Waals surface area contributed by atoms with E-state index in [4.69, 9.17) is 11.6 Å². The van der Waals surface area contributed by atoms with Crippen LogP contribution in [0.15, 0.2) is 54.9 Å². The summed E-state index contributed by atoms with van der Waals surface area (Å²) in [4.78, 5) is 19.0. The van der Waals surface area contributed by atoms with Gasteiger partial charge in [0, 0.05) is 9.26 Å². The number of anilines is 4. The van der Waals surface area contributed by atoms with Crippen molar-refractivity contribution in [2.75, 3.05) is 10.6 Å². The Bertz CT molecular complexity index is 921. The van der Waals surface area contributed by atoms with Crippen LogP contribution in [-0.4, -0.2) is 14.9 Å². The lowest BCUT2D eigenvalue weighted by molar-refractivity contribution is -0.383. The van der Waals surface area contributed by atoms with Gasteiger partial charge in [-0.3, -0.25) is 10.1 Å². The number of hydrogen-bond donors (Lipinski definition) is 2. The first kappa shape index (κ1) is 17.4. The third-order valence-corrected chi connectivity index (χ3v) is 4.29. The first-order valence-corrected chi connectivity index (χ1v) is 8.54. The second kappa shape index (κ2) is 7.62. The number of para-hydroxylation sites is 1. The largest absolute Gasteiger partial charge is 0.353 e. The second-order valence-electron chi connectivity index (χ2n) is 4.91. The van der Waals surface area contributed by atoms with Gasteiger partial charge < -0.3 is 10.6 Å². The van der Waals surface area contributed by atoms with Gasteiger partial charge in [0.15, 0.2) is 0 Å². The molecule has 0 radical (unpaired) electrons. The quantitative estimate of drug-likeness (QED) is 0.307. The number of rotatable bonds is 5. The molecule has 7 nitrogen and oxygen atoms in total. The maximum Gasteiger partial charge on any atom is 0.353 e. The Kier molecular flexibility index (Phi) is 5.29. The Labute approximate surface area is 161 Å². The zero-order valence-electron chi connectivity index (χ0n) is 12.6. The maximum absolute atomic E-state index is 11.6. The van der Waals surface area contributed by atoms with E-state index in [-0.39, 0.29) is 17.3 Å². The summed E-state index contributed by atoms with van der Waals surface area (Å²) in [5, 5.41) is 17.9. The normalized spacial score (nSPS) is 10.3. The van der Waals surface area contributed by atoms with Crippen LogP contribution in [0.4, 0.5) is 28.7 Å². The SMILES string of the molecule is O=[N+]([O-])c1c(Nc2ccc(I)cc2)ncnc1Nc1ccccc1Cl. The molecule has 126 valence electrons. The average molecular weight is 468 g/mol. The molecule has 0 aliphatic carbocycles. The highest BCUT2D eigenvalue weighted by atomic mass is 127. The van der Waals surface area contributed by atoms with E-state index in [0.29, 0.717) is 16.4 Å². The highest BCUT2D eigenvalue weighted by Gasteiger charge is 2.23. The summed E-state index contributed by atoms with van der Waals surface area (Å²) >= 11 is 8.28. The van der Waals surface area contributed by atoms with Crippen molar-refractivity contribution in [3.63, 3.8) is 0 Å². The molecular formula is C16H11ClIN5O2. The van der Waals surface area contributed by atoms with Crippen LogP contribution >= 0.6 is 34.2 Å². The van der Waals surface area contributed by atoms with Crippen LogP contribution in [0.25, 0.3) is 0 Å². The molecule has 25 heavy (non-hydrogen) atoms. The minimum absolute atomic E-state index is 0.0566. The van der Waals surface area contributed by atoms with Gasteiger partial charge in [0.1, 0.15) is 6.33 Å². The second-order valence-corrected chi connectivity index (χ2v) is 6.57. The molecule has 2 N–H and O–H groups in total. The summed E-state index contributed by atoms with van der Waals surface area (Å²) in [5.41, 5.74) is 0.943. The van der Waals surface area contributed by atoms with Gasteiger partial charge in [-0.25, -0.2) is 9.97 Å². The summed E-state index contributed by atoms with van der Waals surface area (Å²) in [7, 11) is 0. The zero-order valence-corrected chi connectivity index (χ0v) is 15.5. The monoisotopic (exact) mass is 467 g/mol. The summed E-state index contributed by atoms with van der Waals surface area (Å²) in [5.74, 6) is 0.150. The number of nitrogens with zero attached hydrogens (tertiary/aromatic N) is 3. The molecule has 0 atom stereocenters. The van der Waals surface area contributed by atoms with Crippen molar-refractivity contribution in [3.8, 4) is 0 Å². The first-order valence-electron chi connectivity index (χ1n) is 7.08. The Hall–Kier alpha value is -2.46. The fourth-order valence-electron chi connectivity index (χ4n) is 2.09. The van der Waals surface area contributed by atoms with Gasteiger partial charge in [-0.2, -0.15) is 0 Å². The highest BCUT2D eigenvalue weighted by molar-refractivity contribution is 14.1. The maximum atomic E-state index is 11.6. The molecule has 0 saturated heterocycles. The van der Waals surface area contributed by atoms with Crippen molar-refractivity contribution in [2.24, 2.45) is 0 Å². The number of halogens is 2. The number of nitrogens with one attached hydrogen (secondary N) is 2. The zero-order chi connectivity index (χ0) is 17.8. The molecule has 0 aliphatic heterocycles. The number of aromatic nitrogens is 2. The fourth-order valence-corrected chi connectivity index (χ4v) is 2.64. The van der Waals surface area contributed by atoms with E-state index < -0.39 is 4.92 Å². The Balaban J connectivity index is 1.98. The lowest BCUT2D eigenvalue weighted by atomic mass is 10.3. The molecule has 0 fully saturated rings. The van der Waals surface area contributed by atoms with Gasteiger partial charge in [-0.1, -0.05) is 23.7 Å². The smallest absolute Gasteiger partial charge is 0.334 e. The van der Waals surface area contributed by atoms with Crippen LogP contribution < -0.4 is 10.6 Å². The van der Waals surface area contributed by atoms with Crippen molar-refractivity contribution in [1.29, 1.82) is 0 Å². The summed E-state index contributed by atoms with van der Waals surface area (Å²) < 4.78 is 1.06. The van der Waals surface area contributed by atoms with E-state index in [2.05, 4.69) is 43.2 Å². The van der Waals surface area contributed by atoms with Crippen LogP contribution in [0, 0.1) is 13.7 Å². The van der Waals surface area contributed by atoms with Gasteiger partial charge in [-0.05, 0) is 59.0 Å². The van der Waals surface area contributed by atoms with Gasteiger partial charge in [0.2, 0.25) is 11.6 Å². The molecule has 0 amide bonds. The van der Waals surface area contributed by atoms with E-state index in [9.17, 15) is 10.1 Å². The van der Waals surface area contributed by atoms with Crippen molar-refractivity contribution in [3.05, 3.63) is 73.6 Å². The summed E-state index contributed by atoms with van der Waals surface area (Å²) in [6.45, 7) is 0. The van der Waals surface area contributed by atoms with Crippen molar-refractivity contribution < 1.29 is 4.92 Å². The highest BCUT2D eigenvalue weighted by Crippen LogP contribution is 2.34. The van der Waals surface area contributed by atoms with Gasteiger partial charge in [-0.15, -0.1) is 0 Å². The molecule has 3 aromatic rings. The molecule has 0 aliphatic rings. The van der Waals surface area contributed by atoms with E-state index in [1.165, 1.54) is 6.33 Å². The first-order chi connectivity index (χ1) is 12.0. The number of nitro groups is 1. The van der Waals surface area contributed by atoms with Crippen LogP contribution in [0.5, 0.6) is 0 Å². The topological polar surface area (TPSA) is 93.0 Å². The molecular weight excluding hydrogens is 457 g/mol. The van der Waals surface area contributed by atoms with E-state index >= 15 is 0 Å². The van der Waals surface area contributed by atoms with Gasteiger partial charge in [0.05, 0.1) is 15.6 Å². The lowest BCUT2D eigenvalue weighted by Crippen LogP contribution is -2.05. The molecule has 1 heterocycles. The summed E-state index contributed by atoms with van der Waals surface area (Å²) in [6.07, 6.45) is 1.25. The molecule has 1 aromatic heterocycles. The van der Waals surface area contributed by atoms with E-state index in [0.717, 1.165) is 3.57 Å². The van der Waals surface area contributed by atoms with Crippen LogP contribution in [0.1, 0.15) is 0 Å². The molecule has 2 aromatic carbocycles. The molecule has 0 saturated carbocycles. The third kappa shape index (κ3) is 4.15. The number of benzene rings is 2. The minimum Gasteiger partial charge on any atom is -0.334 e. The van der Waals surface area contributed by atoms with Gasteiger partial charge >= 0.3 is 5.69 Å². The van der Waals surface area contributed by atoms with Crippen molar-refractivity contribution in [1.82, 2.24) is 9.97 Å². The Morgan fingerprint density at radius 2 is 1.64 bits per heavy atom. The molecule has 0 spiro atoms. The summed E-state index contributed by atoms with van der Waals surface area (Å²) in [6, 6.07) is 14.3. The lowest BCUT2D eigenvalue weighted by Gasteiger charge is -2.11. The van der Waals surface area contributed by atoms with Crippen molar-refractivity contribution in [2.45, 2.75) is 0 Å². The molecule has 3 rings (SSSR count). The van der Waals surface area contributed by atoms with Crippen molar-refractivity contribution >= 4 is 62.9 Å². The standard InChI is InChI=1S/C16H11ClIN5O2/c17-12-3-1-2-4-13(12)22-16-14(23(24)25)15(19-9-20-16)21-11-7-5-10(18)6-8-11/h1-9H,(H2,19,20,21,22). The average Bonchev–Trinajstić information content (AvgIpc) is 2.59. The van der Waals surface area contributed by atoms with E-state index in [1.54, 1.807) is 24.3 Å². The van der Waals surface area contributed by atoms with Crippen LogP contribution in [-0.2, 0) is 0 Å². The Morgan fingerprint density at radius 1 is 1.00 bits per heavy atom. The molecule has 9 heteroatoms. The Morgan fingerprint density at radius 3 is 2.28 bits per heavy atom. The number of hydrogen-bond acceptors (Lipinski definition) is 6. The fraction of sp³-hybridized carbons (Fsp3) is 0. The minimum atomic E-state index is -0.534.